The highest BCUT2D eigenvalue weighted by atomic mass is 16.6. The lowest BCUT2D eigenvalue weighted by Gasteiger charge is -2.06. The Kier molecular flexibility index (Phi) is 6.71. The summed E-state index contributed by atoms with van der Waals surface area (Å²) in [6.07, 6.45) is 3.97. The van der Waals surface area contributed by atoms with Crippen molar-refractivity contribution in [1.82, 2.24) is 5.32 Å². The van der Waals surface area contributed by atoms with Crippen molar-refractivity contribution in [1.29, 1.82) is 0 Å². The highest BCUT2D eigenvalue weighted by Gasteiger charge is 2.06. The Bertz CT molecular complexity index is 757. The van der Waals surface area contributed by atoms with Crippen molar-refractivity contribution in [3.63, 3.8) is 0 Å². The van der Waals surface area contributed by atoms with Gasteiger partial charge in [0.05, 0.1) is 4.92 Å². The lowest BCUT2D eigenvalue weighted by atomic mass is 10.1. The molecule has 2 rings (SSSR count). The summed E-state index contributed by atoms with van der Waals surface area (Å²) in [7, 11) is 0. The highest BCUT2D eigenvalue weighted by Crippen LogP contribution is 2.18. The fourth-order valence-corrected chi connectivity index (χ4v) is 2.20. The molecule has 0 saturated heterocycles. The Hall–Kier alpha value is -3.15. The number of amides is 1. The third-order valence-corrected chi connectivity index (χ3v) is 3.55. The Morgan fingerprint density at radius 2 is 2.00 bits per heavy atom. The molecule has 0 spiro atoms. The zero-order valence-corrected chi connectivity index (χ0v) is 14.0. The van der Waals surface area contributed by atoms with E-state index in [9.17, 15) is 14.9 Å². The Morgan fingerprint density at radius 1 is 1.24 bits per heavy atom. The molecule has 0 aliphatic heterocycles. The molecule has 0 aliphatic rings. The van der Waals surface area contributed by atoms with Gasteiger partial charge in [0.1, 0.15) is 6.61 Å². The van der Waals surface area contributed by atoms with Gasteiger partial charge in [0.25, 0.3) is 5.69 Å². The molecule has 0 atom stereocenters. The number of nitrogens with zero attached hydrogens (tertiary/aromatic N) is 1. The maximum atomic E-state index is 11.6. The average molecular weight is 340 g/mol. The molecule has 6 nitrogen and oxygen atoms in total. The number of carbonyl (C=O) groups excluding carboxylic acids is 1. The molecule has 1 N–H and O–H groups in total. The van der Waals surface area contributed by atoms with Gasteiger partial charge in [-0.3, -0.25) is 10.1 Å². The highest BCUT2D eigenvalue weighted by molar-refractivity contribution is 5.67. The minimum Gasteiger partial charge on any atom is -0.445 e. The van der Waals surface area contributed by atoms with E-state index in [1.807, 2.05) is 49.4 Å². The number of aryl methyl sites for hydroxylation is 1. The van der Waals surface area contributed by atoms with Crippen LogP contribution in [0.1, 0.15) is 23.1 Å². The van der Waals surface area contributed by atoms with Crippen LogP contribution in [-0.2, 0) is 11.3 Å². The first-order valence-corrected chi connectivity index (χ1v) is 7.92. The molecule has 0 fully saturated rings. The number of nitro groups is 1. The molecule has 0 bridgehead atoms. The van der Waals surface area contributed by atoms with Crippen LogP contribution < -0.4 is 5.32 Å². The largest absolute Gasteiger partial charge is 0.445 e. The standard InChI is InChI=1S/C19H20N2O4/c1-15-13-18(21(23)24)11-10-17(15)9-5-6-12-20-19(22)25-14-16-7-3-2-4-8-16/h2-5,7-11,13H,6,12,14H2,1H3,(H,20,22). The molecular weight excluding hydrogens is 320 g/mol. The number of hydrogen-bond acceptors (Lipinski definition) is 4. The second kappa shape index (κ2) is 9.22. The van der Waals surface area contributed by atoms with Crippen molar-refractivity contribution >= 4 is 17.9 Å². The number of carbonyl (C=O) groups is 1. The summed E-state index contributed by atoms with van der Waals surface area (Å²) in [6.45, 7) is 2.52. The predicted octanol–water partition coefficient (Wildman–Crippen LogP) is 4.23. The summed E-state index contributed by atoms with van der Waals surface area (Å²) in [5.74, 6) is 0. The van der Waals surface area contributed by atoms with E-state index in [0.717, 1.165) is 16.7 Å². The summed E-state index contributed by atoms with van der Waals surface area (Å²) >= 11 is 0. The van der Waals surface area contributed by atoms with Gasteiger partial charge >= 0.3 is 6.09 Å². The molecule has 25 heavy (non-hydrogen) atoms. The van der Waals surface area contributed by atoms with Gasteiger partial charge in [-0.15, -0.1) is 0 Å². The second-order valence-corrected chi connectivity index (χ2v) is 5.48. The molecule has 130 valence electrons. The van der Waals surface area contributed by atoms with Gasteiger partial charge in [0.2, 0.25) is 0 Å². The van der Waals surface area contributed by atoms with Gasteiger partial charge in [-0.1, -0.05) is 42.5 Å². The molecule has 0 unspecified atom stereocenters. The van der Waals surface area contributed by atoms with Crippen LogP contribution in [0.4, 0.5) is 10.5 Å². The topological polar surface area (TPSA) is 81.5 Å². The van der Waals surface area contributed by atoms with Crippen LogP contribution in [0, 0.1) is 17.0 Å². The van der Waals surface area contributed by atoms with Gasteiger partial charge in [-0.2, -0.15) is 0 Å². The smallest absolute Gasteiger partial charge is 0.407 e. The van der Waals surface area contributed by atoms with Crippen molar-refractivity contribution in [2.45, 2.75) is 20.0 Å². The SMILES string of the molecule is Cc1cc([N+](=O)[O-])ccc1C=CCCNC(=O)OCc1ccccc1. The monoisotopic (exact) mass is 340 g/mol. The predicted molar refractivity (Wildman–Crippen MR) is 96.1 cm³/mol. The van der Waals surface area contributed by atoms with E-state index in [4.69, 9.17) is 4.74 Å². The van der Waals surface area contributed by atoms with E-state index < -0.39 is 11.0 Å². The van der Waals surface area contributed by atoms with E-state index in [1.165, 1.54) is 6.07 Å². The van der Waals surface area contributed by atoms with Crippen LogP contribution in [0.3, 0.4) is 0 Å². The molecular formula is C19H20N2O4. The quantitative estimate of drug-likeness (QED) is 0.464. The lowest BCUT2D eigenvalue weighted by molar-refractivity contribution is -0.384. The van der Waals surface area contributed by atoms with Crippen LogP contribution in [0.5, 0.6) is 0 Å². The number of nitro benzene ring substituents is 1. The zero-order chi connectivity index (χ0) is 18.1. The molecule has 0 radical (unpaired) electrons. The van der Waals surface area contributed by atoms with Crippen LogP contribution in [-0.4, -0.2) is 17.6 Å². The molecule has 0 aromatic heterocycles. The number of alkyl carbamates (subject to hydrolysis) is 1. The van der Waals surface area contributed by atoms with Crippen LogP contribution in [0.25, 0.3) is 6.08 Å². The van der Waals surface area contributed by atoms with Crippen molar-refractivity contribution in [2.24, 2.45) is 0 Å². The number of rotatable bonds is 7. The fraction of sp³-hybridized carbons (Fsp3) is 0.211. The van der Waals surface area contributed by atoms with E-state index in [1.54, 1.807) is 12.1 Å². The van der Waals surface area contributed by atoms with Crippen molar-refractivity contribution < 1.29 is 14.5 Å². The van der Waals surface area contributed by atoms with E-state index in [2.05, 4.69) is 5.32 Å². The summed E-state index contributed by atoms with van der Waals surface area (Å²) in [4.78, 5) is 21.9. The number of nitrogens with one attached hydrogen (secondary N) is 1. The second-order valence-electron chi connectivity index (χ2n) is 5.48. The first-order chi connectivity index (χ1) is 12.1. The number of non-ortho nitro benzene ring substituents is 1. The van der Waals surface area contributed by atoms with E-state index >= 15 is 0 Å². The first kappa shape index (κ1) is 18.2. The molecule has 0 saturated carbocycles. The number of benzene rings is 2. The average Bonchev–Trinajstić information content (AvgIpc) is 2.61. The summed E-state index contributed by atoms with van der Waals surface area (Å²) in [5, 5.41) is 13.4. The molecule has 2 aromatic rings. The molecule has 1 amide bonds. The van der Waals surface area contributed by atoms with Crippen molar-refractivity contribution in [3.05, 3.63) is 81.4 Å². The molecule has 0 heterocycles. The maximum absolute atomic E-state index is 11.6. The molecule has 2 aromatic carbocycles. The third-order valence-electron chi connectivity index (χ3n) is 3.55. The molecule has 6 heteroatoms. The van der Waals surface area contributed by atoms with Gasteiger partial charge in [0.15, 0.2) is 0 Å². The first-order valence-electron chi connectivity index (χ1n) is 7.92. The van der Waals surface area contributed by atoms with Gasteiger partial charge in [-0.25, -0.2) is 4.79 Å². The maximum Gasteiger partial charge on any atom is 0.407 e. The number of ether oxygens (including phenoxy) is 1. The van der Waals surface area contributed by atoms with E-state index in [0.29, 0.717) is 13.0 Å². The van der Waals surface area contributed by atoms with Crippen molar-refractivity contribution in [3.8, 4) is 0 Å². The van der Waals surface area contributed by atoms with Crippen molar-refractivity contribution in [2.75, 3.05) is 6.54 Å². The van der Waals surface area contributed by atoms with Gasteiger partial charge < -0.3 is 10.1 Å². The van der Waals surface area contributed by atoms with Crippen LogP contribution in [0.15, 0.2) is 54.6 Å². The zero-order valence-electron chi connectivity index (χ0n) is 14.0. The van der Waals surface area contributed by atoms with E-state index in [-0.39, 0.29) is 12.3 Å². The molecule has 0 aliphatic carbocycles. The Morgan fingerprint density at radius 3 is 2.68 bits per heavy atom. The van der Waals surface area contributed by atoms with Gasteiger partial charge in [0, 0.05) is 18.7 Å². The minimum atomic E-state index is -0.455. The summed E-state index contributed by atoms with van der Waals surface area (Å²) in [6, 6.07) is 14.2. The lowest BCUT2D eigenvalue weighted by Crippen LogP contribution is -2.24. The Labute approximate surface area is 146 Å². The summed E-state index contributed by atoms with van der Waals surface area (Å²) in [5.41, 5.74) is 2.77. The van der Waals surface area contributed by atoms with Crippen LogP contribution in [0.2, 0.25) is 0 Å². The number of hydrogen-bond donors (Lipinski definition) is 1. The third kappa shape index (κ3) is 6.10. The fourth-order valence-electron chi connectivity index (χ4n) is 2.20. The summed E-state index contributed by atoms with van der Waals surface area (Å²) < 4.78 is 5.11. The Balaban J connectivity index is 1.71. The minimum absolute atomic E-state index is 0.0810. The normalized spacial score (nSPS) is 10.6. The van der Waals surface area contributed by atoms with Gasteiger partial charge in [-0.05, 0) is 36.1 Å². The van der Waals surface area contributed by atoms with Crippen LogP contribution >= 0.6 is 0 Å².